The van der Waals surface area contributed by atoms with E-state index < -0.39 is 17.6 Å². The Morgan fingerprint density at radius 1 is 1.47 bits per heavy atom. The number of aromatic nitrogens is 1. The zero-order valence-electron chi connectivity index (χ0n) is 9.78. The predicted molar refractivity (Wildman–Crippen MR) is 59.4 cm³/mol. The molecular weight excluding hydrogens is 227 g/mol. The van der Waals surface area contributed by atoms with Crippen LogP contribution in [0, 0.1) is 5.95 Å². The Bertz CT molecular complexity index is 441. The SMILES string of the molecule is CC(C)(C)OC(=O)Nc1ccc(C=O)c(F)n1. The number of hydrogen-bond donors (Lipinski definition) is 1. The van der Waals surface area contributed by atoms with E-state index in [-0.39, 0.29) is 11.4 Å². The van der Waals surface area contributed by atoms with Crippen molar-refractivity contribution >= 4 is 18.2 Å². The second-order valence-electron chi connectivity index (χ2n) is 4.32. The number of nitrogens with one attached hydrogen (secondary N) is 1. The maximum absolute atomic E-state index is 13.1. The molecule has 0 aliphatic carbocycles. The van der Waals surface area contributed by atoms with Crippen molar-refractivity contribution in [1.82, 2.24) is 4.98 Å². The van der Waals surface area contributed by atoms with E-state index in [0.717, 1.165) is 0 Å². The van der Waals surface area contributed by atoms with Crippen molar-refractivity contribution in [2.45, 2.75) is 26.4 Å². The summed E-state index contributed by atoms with van der Waals surface area (Å²) in [5.74, 6) is -0.948. The summed E-state index contributed by atoms with van der Waals surface area (Å²) in [6.07, 6.45) is -0.386. The molecule has 0 aromatic carbocycles. The molecule has 1 N–H and O–H groups in total. The molecule has 17 heavy (non-hydrogen) atoms. The van der Waals surface area contributed by atoms with E-state index in [1.165, 1.54) is 12.1 Å². The lowest BCUT2D eigenvalue weighted by Gasteiger charge is -2.19. The highest BCUT2D eigenvalue weighted by Crippen LogP contribution is 2.11. The van der Waals surface area contributed by atoms with Crippen LogP contribution in [0.4, 0.5) is 15.0 Å². The lowest BCUT2D eigenvalue weighted by atomic mass is 10.2. The molecule has 0 aliphatic rings. The van der Waals surface area contributed by atoms with Crippen LogP contribution in [0.1, 0.15) is 31.1 Å². The third-order valence-electron chi connectivity index (χ3n) is 1.63. The zero-order chi connectivity index (χ0) is 13.1. The van der Waals surface area contributed by atoms with E-state index in [9.17, 15) is 14.0 Å². The summed E-state index contributed by atoms with van der Waals surface area (Å²) in [5.41, 5.74) is -0.814. The van der Waals surface area contributed by atoms with Crippen LogP contribution in [0.2, 0.25) is 0 Å². The molecule has 1 aromatic heterocycles. The van der Waals surface area contributed by atoms with Gasteiger partial charge < -0.3 is 4.74 Å². The Hall–Kier alpha value is -1.98. The van der Waals surface area contributed by atoms with Crippen molar-refractivity contribution in [1.29, 1.82) is 0 Å². The number of nitrogens with zero attached hydrogens (tertiary/aromatic N) is 1. The monoisotopic (exact) mass is 240 g/mol. The van der Waals surface area contributed by atoms with Crippen LogP contribution in [-0.4, -0.2) is 23.0 Å². The standard InChI is InChI=1S/C11H13FN2O3/c1-11(2,3)17-10(16)14-8-5-4-7(6-15)9(12)13-8/h4-6H,1-3H3,(H,13,14,16). The van der Waals surface area contributed by atoms with Crippen molar-refractivity contribution in [3.05, 3.63) is 23.6 Å². The van der Waals surface area contributed by atoms with Gasteiger partial charge in [0, 0.05) is 0 Å². The Morgan fingerprint density at radius 2 is 2.12 bits per heavy atom. The molecule has 0 spiro atoms. The summed E-state index contributed by atoms with van der Waals surface area (Å²) in [7, 11) is 0. The number of pyridine rings is 1. The minimum Gasteiger partial charge on any atom is -0.444 e. The van der Waals surface area contributed by atoms with Gasteiger partial charge in [0.05, 0.1) is 5.56 Å². The third-order valence-corrected chi connectivity index (χ3v) is 1.63. The van der Waals surface area contributed by atoms with E-state index in [4.69, 9.17) is 4.74 Å². The van der Waals surface area contributed by atoms with E-state index in [0.29, 0.717) is 6.29 Å². The van der Waals surface area contributed by atoms with Gasteiger partial charge in [-0.25, -0.2) is 9.78 Å². The molecule has 92 valence electrons. The molecule has 1 rings (SSSR count). The fourth-order valence-corrected chi connectivity index (χ4v) is 1.01. The number of halogens is 1. The Morgan fingerprint density at radius 3 is 2.59 bits per heavy atom. The average molecular weight is 240 g/mol. The lowest BCUT2D eigenvalue weighted by molar-refractivity contribution is 0.0635. The number of rotatable bonds is 2. The fraction of sp³-hybridized carbons (Fsp3) is 0.364. The molecule has 0 bridgehead atoms. The van der Waals surface area contributed by atoms with Crippen LogP contribution in [0.3, 0.4) is 0 Å². The van der Waals surface area contributed by atoms with Crippen molar-refractivity contribution in [2.24, 2.45) is 0 Å². The predicted octanol–water partition coefficient (Wildman–Crippen LogP) is 2.38. The first-order valence-electron chi connectivity index (χ1n) is 4.93. The van der Waals surface area contributed by atoms with Gasteiger partial charge in [-0.1, -0.05) is 0 Å². The number of ether oxygens (including phenoxy) is 1. The van der Waals surface area contributed by atoms with Gasteiger partial charge in [0.1, 0.15) is 11.4 Å². The molecule has 0 radical (unpaired) electrons. The van der Waals surface area contributed by atoms with Gasteiger partial charge in [0.2, 0.25) is 5.95 Å². The normalized spacial score (nSPS) is 10.8. The fourth-order valence-electron chi connectivity index (χ4n) is 1.01. The van der Waals surface area contributed by atoms with Crippen molar-refractivity contribution in [2.75, 3.05) is 5.32 Å². The van der Waals surface area contributed by atoms with Gasteiger partial charge >= 0.3 is 6.09 Å². The van der Waals surface area contributed by atoms with E-state index >= 15 is 0 Å². The highest BCUT2D eigenvalue weighted by molar-refractivity contribution is 5.84. The molecule has 0 atom stereocenters. The summed E-state index contributed by atoms with van der Waals surface area (Å²) >= 11 is 0. The second-order valence-corrected chi connectivity index (χ2v) is 4.32. The molecular formula is C11H13FN2O3. The van der Waals surface area contributed by atoms with Gasteiger partial charge in [0.15, 0.2) is 6.29 Å². The number of aldehydes is 1. The topological polar surface area (TPSA) is 68.3 Å². The van der Waals surface area contributed by atoms with E-state index in [2.05, 4.69) is 10.3 Å². The minimum absolute atomic E-state index is 0.0117. The smallest absolute Gasteiger partial charge is 0.413 e. The first-order chi connectivity index (χ1) is 7.81. The average Bonchev–Trinajstić information content (AvgIpc) is 2.14. The second kappa shape index (κ2) is 4.90. The number of hydrogen-bond acceptors (Lipinski definition) is 4. The highest BCUT2D eigenvalue weighted by atomic mass is 19.1. The van der Waals surface area contributed by atoms with Crippen LogP contribution < -0.4 is 5.32 Å². The van der Waals surface area contributed by atoms with Gasteiger partial charge in [-0.05, 0) is 32.9 Å². The zero-order valence-corrected chi connectivity index (χ0v) is 9.78. The molecule has 6 heteroatoms. The summed E-state index contributed by atoms with van der Waals surface area (Å²) in [6.45, 7) is 5.11. The maximum Gasteiger partial charge on any atom is 0.413 e. The first kappa shape index (κ1) is 13.1. The van der Waals surface area contributed by atoms with Crippen LogP contribution in [0.15, 0.2) is 12.1 Å². The van der Waals surface area contributed by atoms with Gasteiger partial charge in [0.25, 0.3) is 0 Å². The van der Waals surface area contributed by atoms with Crippen LogP contribution in [0.5, 0.6) is 0 Å². The van der Waals surface area contributed by atoms with E-state index in [1.54, 1.807) is 20.8 Å². The molecule has 1 heterocycles. The summed E-state index contributed by atoms with van der Waals surface area (Å²) in [4.78, 5) is 25.1. The highest BCUT2D eigenvalue weighted by Gasteiger charge is 2.16. The van der Waals surface area contributed by atoms with Crippen molar-refractivity contribution < 1.29 is 18.7 Å². The van der Waals surface area contributed by atoms with Gasteiger partial charge in [-0.15, -0.1) is 0 Å². The van der Waals surface area contributed by atoms with Crippen LogP contribution in [0.25, 0.3) is 0 Å². The molecule has 1 amide bonds. The van der Waals surface area contributed by atoms with Gasteiger partial charge in [-0.3, -0.25) is 10.1 Å². The molecule has 5 nitrogen and oxygen atoms in total. The van der Waals surface area contributed by atoms with Crippen molar-refractivity contribution in [3.8, 4) is 0 Å². The van der Waals surface area contributed by atoms with Gasteiger partial charge in [-0.2, -0.15) is 4.39 Å². The number of carbonyl (C=O) groups is 2. The summed E-state index contributed by atoms with van der Waals surface area (Å²) < 4.78 is 18.1. The first-order valence-corrected chi connectivity index (χ1v) is 4.93. The number of amides is 1. The molecule has 0 saturated heterocycles. The summed E-state index contributed by atoms with van der Waals surface area (Å²) in [5, 5.41) is 2.26. The Balaban J connectivity index is 2.73. The van der Waals surface area contributed by atoms with Crippen LogP contribution in [-0.2, 0) is 4.74 Å². The van der Waals surface area contributed by atoms with Crippen LogP contribution >= 0.6 is 0 Å². The number of carbonyl (C=O) groups excluding carboxylic acids is 2. The molecule has 0 aliphatic heterocycles. The lowest BCUT2D eigenvalue weighted by Crippen LogP contribution is -2.27. The molecule has 0 unspecified atom stereocenters. The number of anilines is 1. The molecule has 1 aromatic rings. The summed E-state index contributed by atoms with van der Waals surface area (Å²) in [6, 6.07) is 2.54. The largest absolute Gasteiger partial charge is 0.444 e. The Kier molecular flexibility index (Phi) is 3.77. The third kappa shape index (κ3) is 4.18. The molecule has 0 fully saturated rings. The Labute approximate surface area is 98.0 Å². The van der Waals surface area contributed by atoms with E-state index in [1.807, 2.05) is 0 Å². The maximum atomic E-state index is 13.1. The quantitative estimate of drug-likeness (QED) is 0.636. The minimum atomic E-state index is -0.937. The molecule has 0 saturated carbocycles. The van der Waals surface area contributed by atoms with Crippen molar-refractivity contribution in [3.63, 3.8) is 0 Å².